The molecule has 0 saturated heterocycles. The SMILES string of the molecule is CSCC[C@H](NC(=O)COc1ccccc1)C(=O)OCc1ccc(SC)cc1. The molecule has 0 aromatic heterocycles. The van der Waals surface area contributed by atoms with E-state index in [0.29, 0.717) is 12.2 Å². The van der Waals surface area contributed by atoms with Crippen LogP contribution < -0.4 is 10.1 Å². The Morgan fingerprint density at radius 2 is 1.75 bits per heavy atom. The Morgan fingerprint density at radius 1 is 1.04 bits per heavy atom. The summed E-state index contributed by atoms with van der Waals surface area (Å²) in [4.78, 5) is 25.8. The highest BCUT2D eigenvalue weighted by Gasteiger charge is 2.22. The molecular formula is C21H25NO4S2. The summed E-state index contributed by atoms with van der Waals surface area (Å²) in [5, 5.41) is 2.72. The number of nitrogens with one attached hydrogen (secondary N) is 1. The second kappa shape index (κ2) is 12.4. The topological polar surface area (TPSA) is 64.6 Å². The highest BCUT2D eigenvalue weighted by molar-refractivity contribution is 7.98. The van der Waals surface area contributed by atoms with Gasteiger partial charge in [0.05, 0.1) is 0 Å². The summed E-state index contributed by atoms with van der Waals surface area (Å²) in [5.74, 6) is 0.559. The van der Waals surface area contributed by atoms with Crippen LogP contribution in [0.2, 0.25) is 0 Å². The molecule has 2 aromatic rings. The molecule has 0 bridgehead atoms. The van der Waals surface area contributed by atoms with E-state index in [1.54, 1.807) is 35.7 Å². The van der Waals surface area contributed by atoms with Gasteiger partial charge in [-0.05, 0) is 54.5 Å². The molecule has 28 heavy (non-hydrogen) atoms. The zero-order valence-corrected chi connectivity index (χ0v) is 17.7. The summed E-state index contributed by atoms with van der Waals surface area (Å²) >= 11 is 3.27. The van der Waals surface area contributed by atoms with Crippen molar-refractivity contribution in [3.63, 3.8) is 0 Å². The third-order valence-electron chi connectivity index (χ3n) is 3.88. The second-order valence-corrected chi connectivity index (χ2v) is 7.82. The van der Waals surface area contributed by atoms with Gasteiger partial charge in [-0.25, -0.2) is 4.79 Å². The van der Waals surface area contributed by atoms with Gasteiger partial charge in [-0.15, -0.1) is 11.8 Å². The molecule has 5 nitrogen and oxygen atoms in total. The van der Waals surface area contributed by atoms with E-state index in [9.17, 15) is 9.59 Å². The van der Waals surface area contributed by atoms with E-state index in [0.717, 1.165) is 16.2 Å². The maximum atomic E-state index is 12.5. The number of benzene rings is 2. The first-order chi connectivity index (χ1) is 13.6. The monoisotopic (exact) mass is 419 g/mol. The number of ether oxygens (including phenoxy) is 2. The Hall–Kier alpha value is -2.12. The van der Waals surface area contributed by atoms with Crippen molar-refractivity contribution in [2.24, 2.45) is 0 Å². The molecule has 0 saturated carbocycles. The molecule has 0 aliphatic rings. The number of hydrogen-bond acceptors (Lipinski definition) is 6. The number of thioether (sulfide) groups is 2. The van der Waals surface area contributed by atoms with Crippen molar-refractivity contribution in [2.75, 3.05) is 24.9 Å². The first-order valence-electron chi connectivity index (χ1n) is 8.88. The van der Waals surface area contributed by atoms with Crippen LogP contribution in [0.15, 0.2) is 59.5 Å². The van der Waals surface area contributed by atoms with Crippen molar-refractivity contribution < 1.29 is 19.1 Å². The Labute approximate surface area is 174 Å². The zero-order chi connectivity index (χ0) is 20.2. The smallest absolute Gasteiger partial charge is 0.329 e. The van der Waals surface area contributed by atoms with Crippen LogP contribution >= 0.6 is 23.5 Å². The van der Waals surface area contributed by atoms with Gasteiger partial charge in [0, 0.05) is 4.90 Å². The number of hydrogen-bond donors (Lipinski definition) is 1. The molecule has 0 radical (unpaired) electrons. The Morgan fingerprint density at radius 3 is 2.39 bits per heavy atom. The van der Waals surface area contributed by atoms with Gasteiger partial charge in [0.25, 0.3) is 5.91 Å². The summed E-state index contributed by atoms with van der Waals surface area (Å²) in [6.07, 6.45) is 4.47. The predicted octanol–water partition coefficient (Wildman–Crippen LogP) is 3.77. The summed E-state index contributed by atoms with van der Waals surface area (Å²) < 4.78 is 10.8. The fraction of sp³-hybridized carbons (Fsp3) is 0.333. The quantitative estimate of drug-likeness (QED) is 0.442. The molecule has 0 aliphatic heterocycles. The highest BCUT2D eigenvalue weighted by Crippen LogP contribution is 2.15. The fourth-order valence-electron chi connectivity index (χ4n) is 2.36. The Kier molecular flexibility index (Phi) is 9.79. The minimum atomic E-state index is -0.690. The third-order valence-corrected chi connectivity index (χ3v) is 5.27. The largest absolute Gasteiger partial charge is 0.484 e. The van der Waals surface area contributed by atoms with Gasteiger partial charge in [0.15, 0.2) is 6.61 Å². The summed E-state index contributed by atoms with van der Waals surface area (Å²) in [6, 6.07) is 16.2. The number of rotatable bonds is 11. The molecule has 0 unspecified atom stereocenters. The van der Waals surface area contributed by atoms with Crippen LogP contribution in [0.5, 0.6) is 5.75 Å². The second-order valence-electron chi connectivity index (χ2n) is 5.96. The number of para-hydroxylation sites is 1. The van der Waals surface area contributed by atoms with Gasteiger partial charge in [-0.3, -0.25) is 4.79 Å². The highest BCUT2D eigenvalue weighted by atomic mass is 32.2. The molecule has 0 spiro atoms. The van der Waals surface area contributed by atoms with Gasteiger partial charge in [0.2, 0.25) is 0 Å². The van der Waals surface area contributed by atoms with Crippen molar-refractivity contribution in [2.45, 2.75) is 24.0 Å². The summed E-state index contributed by atoms with van der Waals surface area (Å²) in [5.41, 5.74) is 0.911. The fourth-order valence-corrected chi connectivity index (χ4v) is 3.24. The van der Waals surface area contributed by atoms with E-state index in [1.807, 2.05) is 55.0 Å². The van der Waals surface area contributed by atoms with Crippen LogP contribution in [-0.2, 0) is 20.9 Å². The summed E-state index contributed by atoms with van der Waals surface area (Å²) in [6.45, 7) is 0.0306. The molecule has 1 atom stereocenters. The van der Waals surface area contributed by atoms with Crippen LogP contribution in [0.4, 0.5) is 0 Å². The van der Waals surface area contributed by atoms with Crippen molar-refractivity contribution in [1.29, 1.82) is 0 Å². The molecule has 0 heterocycles. The third kappa shape index (κ3) is 7.86. The van der Waals surface area contributed by atoms with Crippen molar-refractivity contribution in [1.82, 2.24) is 5.32 Å². The molecule has 2 rings (SSSR count). The molecule has 0 fully saturated rings. The first kappa shape index (κ1) is 22.2. The molecule has 2 aromatic carbocycles. The lowest BCUT2D eigenvalue weighted by Crippen LogP contribution is -2.44. The van der Waals surface area contributed by atoms with E-state index in [1.165, 1.54) is 0 Å². The number of carbonyl (C=O) groups excluding carboxylic acids is 2. The number of esters is 1. The van der Waals surface area contributed by atoms with E-state index in [-0.39, 0.29) is 19.1 Å². The normalized spacial score (nSPS) is 11.5. The maximum Gasteiger partial charge on any atom is 0.329 e. The van der Waals surface area contributed by atoms with Crippen LogP contribution in [0.25, 0.3) is 0 Å². The zero-order valence-electron chi connectivity index (χ0n) is 16.1. The van der Waals surface area contributed by atoms with Crippen molar-refractivity contribution >= 4 is 35.4 Å². The lowest BCUT2D eigenvalue weighted by atomic mass is 10.2. The standard InChI is InChI=1S/C21H25NO4S2/c1-27-13-12-19(22-20(23)15-25-17-6-4-3-5-7-17)21(24)26-14-16-8-10-18(28-2)11-9-16/h3-11,19H,12-15H2,1-2H3,(H,22,23)/t19-/m0/s1. The Balaban J connectivity index is 1.85. The van der Waals surface area contributed by atoms with Crippen molar-refractivity contribution in [3.05, 3.63) is 60.2 Å². The first-order valence-corrected chi connectivity index (χ1v) is 11.5. The number of amides is 1. The van der Waals surface area contributed by atoms with Crippen molar-refractivity contribution in [3.8, 4) is 5.75 Å². The van der Waals surface area contributed by atoms with E-state index in [4.69, 9.17) is 9.47 Å². The van der Waals surface area contributed by atoms with Gasteiger partial charge < -0.3 is 14.8 Å². The van der Waals surface area contributed by atoms with Crippen LogP contribution in [0.1, 0.15) is 12.0 Å². The molecular weight excluding hydrogens is 394 g/mol. The maximum absolute atomic E-state index is 12.5. The van der Waals surface area contributed by atoms with Gasteiger partial charge in [-0.1, -0.05) is 30.3 Å². The lowest BCUT2D eigenvalue weighted by molar-refractivity contribution is -0.149. The van der Waals surface area contributed by atoms with Crippen LogP contribution in [0, 0.1) is 0 Å². The minimum absolute atomic E-state index is 0.150. The lowest BCUT2D eigenvalue weighted by Gasteiger charge is -2.17. The van der Waals surface area contributed by atoms with E-state index >= 15 is 0 Å². The molecule has 150 valence electrons. The number of carbonyl (C=O) groups is 2. The van der Waals surface area contributed by atoms with Crippen LogP contribution in [-0.4, -0.2) is 42.8 Å². The molecule has 0 aliphatic carbocycles. The minimum Gasteiger partial charge on any atom is -0.484 e. The molecule has 7 heteroatoms. The van der Waals surface area contributed by atoms with Crippen LogP contribution in [0.3, 0.4) is 0 Å². The Bertz CT molecular complexity index is 738. The molecule has 1 amide bonds. The van der Waals surface area contributed by atoms with Gasteiger partial charge in [-0.2, -0.15) is 11.8 Å². The average Bonchev–Trinajstić information content (AvgIpc) is 2.74. The van der Waals surface area contributed by atoms with E-state index in [2.05, 4.69) is 5.32 Å². The van der Waals surface area contributed by atoms with E-state index < -0.39 is 12.0 Å². The van der Waals surface area contributed by atoms with Gasteiger partial charge >= 0.3 is 5.97 Å². The molecule has 1 N–H and O–H groups in total. The average molecular weight is 420 g/mol. The summed E-state index contributed by atoms with van der Waals surface area (Å²) in [7, 11) is 0. The predicted molar refractivity (Wildman–Crippen MR) is 115 cm³/mol. The van der Waals surface area contributed by atoms with Gasteiger partial charge in [0.1, 0.15) is 18.4 Å².